The van der Waals surface area contributed by atoms with E-state index in [2.05, 4.69) is 0 Å². The van der Waals surface area contributed by atoms with Gasteiger partial charge >= 0.3 is 0 Å². The number of carbonyl (C=O) groups is 1. The van der Waals surface area contributed by atoms with Crippen LogP contribution in [-0.4, -0.2) is 31.7 Å². The highest BCUT2D eigenvalue weighted by Crippen LogP contribution is 2.18. The Morgan fingerprint density at radius 2 is 2.50 bits per heavy atom. The van der Waals surface area contributed by atoms with Crippen molar-refractivity contribution in [2.24, 2.45) is 5.73 Å². The molecule has 2 rings (SSSR count). The fraction of sp³-hybridized carbons (Fsp3) is 0.444. The maximum Gasteiger partial charge on any atom is 0.255 e. The smallest absolute Gasteiger partial charge is 0.255 e. The standard InChI is InChI=1S/C9H12N2O3/c10-4-7-5-11(8(12)6-14-7)9-2-1-3-13-9/h1-3,7H,4-6,10H2. The summed E-state index contributed by atoms with van der Waals surface area (Å²) in [7, 11) is 0. The summed E-state index contributed by atoms with van der Waals surface area (Å²) in [5, 5.41) is 0. The van der Waals surface area contributed by atoms with Gasteiger partial charge in [-0.25, -0.2) is 0 Å². The summed E-state index contributed by atoms with van der Waals surface area (Å²) in [6.45, 7) is 0.940. The van der Waals surface area contributed by atoms with E-state index in [1.165, 1.54) is 6.26 Å². The number of nitrogens with two attached hydrogens (primary N) is 1. The van der Waals surface area contributed by atoms with Crippen LogP contribution in [0.5, 0.6) is 0 Å². The van der Waals surface area contributed by atoms with Crippen molar-refractivity contribution >= 4 is 11.8 Å². The molecule has 1 atom stereocenters. The van der Waals surface area contributed by atoms with Crippen LogP contribution in [-0.2, 0) is 9.53 Å². The minimum Gasteiger partial charge on any atom is -0.448 e. The minimum absolute atomic E-state index is 0.0720. The van der Waals surface area contributed by atoms with E-state index in [4.69, 9.17) is 14.9 Å². The predicted octanol–water partition coefficient (Wildman–Crippen LogP) is -0.0299. The number of hydrogen-bond donors (Lipinski definition) is 1. The lowest BCUT2D eigenvalue weighted by atomic mass is 10.2. The second-order valence-electron chi connectivity index (χ2n) is 3.12. The Kier molecular flexibility index (Phi) is 2.51. The molecule has 0 aromatic carbocycles. The van der Waals surface area contributed by atoms with Gasteiger partial charge in [-0.1, -0.05) is 0 Å². The monoisotopic (exact) mass is 196 g/mol. The third kappa shape index (κ3) is 1.64. The second kappa shape index (κ2) is 3.81. The number of amides is 1. The first-order valence-electron chi connectivity index (χ1n) is 4.47. The topological polar surface area (TPSA) is 68.7 Å². The average molecular weight is 196 g/mol. The van der Waals surface area contributed by atoms with E-state index >= 15 is 0 Å². The maximum absolute atomic E-state index is 11.5. The molecule has 0 radical (unpaired) electrons. The van der Waals surface area contributed by atoms with E-state index < -0.39 is 0 Å². The van der Waals surface area contributed by atoms with Crippen molar-refractivity contribution < 1.29 is 13.9 Å². The molecule has 5 heteroatoms. The molecule has 0 aliphatic carbocycles. The second-order valence-corrected chi connectivity index (χ2v) is 3.12. The molecule has 2 N–H and O–H groups in total. The van der Waals surface area contributed by atoms with Crippen LogP contribution in [0.2, 0.25) is 0 Å². The van der Waals surface area contributed by atoms with Crippen molar-refractivity contribution in [1.29, 1.82) is 0 Å². The quantitative estimate of drug-likeness (QED) is 0.721. The van der Waals surface area contributed by atoms with Crippen LogP contribution in [0.15, 0.2) is 22.8 Å². The molecule has 1 aliphatic heterocycles. The van der Waals surface area contributed by atoms with Gasteiger partial charge in [-0.3, -0.25) is 9.69 Å². The van der Waals surface area contributed by atoms with E-state index in [1.54, 1.807) is 17.0 Å². The lowest BCUT2D eigenvalue weighted by Gasteiger charge is -2.30. The van der Waals surface area contributed by atoms with Gasteiger partial charge in [0, 0.05) is 12.6 Å². The molecule has 1 fully saturated rings. The third-order valence-electron chi connectivity index (χ3n) is 2.16. The molecule has 1 unspecified atom stereocenters. The molecule has 1 saturated heterocycles. The molecular formula is C9H12N2O3. The molecule has 0 saturated carbocycles. The summed E-state index contributed by atoms with van der Waals surface area (Å²) >= 11 is 0. The lowest BCUT2D eigenvalue weighted by molar-refractivity contribution is -0.129. The van der Waals surface area contributed by atoms with Crippen LogP contribution in [0.3, 0.4) is 0 Å². The number of hydrogen-bond acceptors (Lipinski definition) is 4. The number of nitrogens with zero attached hydrogens (tertiary/aromatic N) is 1. The van der Waals surface area contributed by atoms with Crippen LogP contribution in [0, 0.1) is 0 Å². The van der Waals surface area contributed by atoms with Crippen molar-refractivity contribution in [1.82, 2.24) is 0 Å². The van der Waals surface area contributed by atoms with Crippen molar-refractivity contribution in [2.45, 2.75) is 6.10 Å². The number of rotatable bonds is 2. The van der Waals surface area contributed by atoms with E-state index in [9.17, 15) is 4.79 Å². The van der Waals surface area contributed by atoms with Crippen molar-refractivity contribution in [2.75, 3.05) is 24.6 Å². The van der Waals surface area contributed by atoms with Crippen molar-refractivity contribution in [3.8, 4) is 0 Å². The summed E-state index contributed by atoms with van der Waals surface area (Å²) in [4.78, 5) is 13.0. The van der Waals surface area contributed by atoms with Gasteiger partial charge in [-0.05, 0) is 6.07 Å². The van der Waals surface area contributed by atoms with Gasteiger partial charge in [0.05, 0.1) is 18.9 Å². The average Bonchev–Trinajstić information content (AvgIpc) is 2.71. The van der Waals surface area contributed by atoms with Gasteiger partial charge in [-0.2, -0.15) is 0 Å². The first-order chi connectivity index (χ1) is 6.81. The number of furan rings is 1. The minimum atomic E-state index is -0.0993. The largest absolute Gasteiger partial charge is 0.448 e. The highest BCUT2D eigenvalue weighted by Gasteiger charge is 2.27. The Labute approximate surface area is 81.4 Å². The zero-order valence-electron chi connectivity index (χ0n) is 7.68. The van der Waals surface area contributed by atoms with Crippen LogP contribution >= 0.6 is 0 Å². The highest BCUT2D eigenvalue weighted by atomic mass is 16.5. The third-order valence-corrected chi connectivity index (χ3v) is 2.16. The van der Waals surface area contributed by atoms with Crippen molar-refractivity contribution in [3.63, 3.8) is 0 Å². The molecule has 5 nitrogen and oxygen atoms in total. The molecule has 1 aromatic rings. The van der Waals surface area contributed by atoms with Crippen LogP contribution in [0.4, 0.5) is 5.88 Å². The normalized spacial score (nSPS) is 22.8. The van der Waals surface area contributed by atoms with Gasteiger partial charge in [0.1, 0.15) is 6.61 Å². The maximum atomic E-state index is 11.5. The number of morpholine rings is 1. The molecule has 2 heterocycles. The molecule has 1 amide bonds. The number of anilines is 1. The van der Waals surface area contributed by atoms with Gasteiger partial charge in [0.2, 0.25) is 5.88 Å². The van der Waals surface area contributed by atoms with E-state index in [0.717, 1.165) is 0 Å². The Morgan fingerprint density at radius 1 is 1.64 bits per heavy atom. The lowest BCUT2D eigenvalue weighted by Crippen LogP contribution is -2.49. The fourth-order valence-corrected chi connectivity index (χ4v) is 1.40. The molecule has 0 spiro atoms. The summed E-state index contributed by atoms with van der Waals surface area (Å²) in [6, 6.07) is 3.49. The molecule has 14 heavy (non-hydrogen) atoms. The zero-order valence-corrected chi connectivity index (χ0v) is 7.68. The van der Waals surface area contributed by atoms with Crippen LogP contribution < -0.4 is 10.6 Å². The summed E-state index contributed by atoms with van der Waals surface area (Å²) in [5.74, 6) is 0.460. The Morgan fingerprint density at radius 3 is 3.14 bits per heavy atom. The summed E-state index contributed by atoms with van der Waals surface area (Å²) < 4.78 is 10.4. The van der Waals surface area contributed by atoms with E-state index in [1.807, 2.05) is 0 Å². The van der Waals surface area contributed by atoms with Gasteiger partial charge in [-0.15, -0.1) is 0 Å². The van der Waals surface area contributed by atoms with E-state index in [0.29, 0.717) is 19.0 Å². The Hall–Kier alpha value is -1.33. The van der Waals surface area contributed by atoms with Gasteiger partial charge in [0.25, 0.3) is 5.91 Å². The summed E-state index contributed by atoms with van der Waals surface area (Å²) in [6.07, 6.45) is 1.44. The molecular weight excluding hydrogens is 184 g/mol. The van der Waals surface area contributed by atoms with Crippen LogP contribution in [0.25, 0.3) is 0 Å². The van der Waals surface area contributed by atoms with Gasteiger partial charge in [0.15, 0.2) is 0 Å². The van der Waals surface area contributed by atoms with Gasteiger partial charge < -0.3 is 14.9 Å². The Bertz CT molecular complexity index is 310. The Balaban J connectivity index is 2.13. The highest BCUT2D eigenvalue weighted by molar-refractivity contribution is 5.93. The fourth-order valence-electron chi connectivity index (χ4n) is 1.40. The number of ether oxygens (including phenoxy) is 1. The zero-order chi connectivity index (χ0) is 9.97. The SMILES string of the molecule is NCC1CN(c2ccco2)C(=O)CO1. The van der Waals surface area contributed by atoms with E-state index in [-0.39, 0.29) is 18.6 Å². The first kappa shape index (κ1) is 9.23. The molecule has 76 valence electrons. The molecule has 1 aliphatic rings. The predicted molar refractivity (Wildman–Crippen MR) is 49.9 cm³/mol. The van der Waals surface area contributed by atoms with Crippen LogP contribution in [0.1, 0.15) is 0 Å². The van der Waals surface area contributed by atoms with Crippen molar-refractivity contribution in [3.05, 3.63) is 18.4 Å². The molecule has 1 aromatic heterocycles. The molecule has 0 bridgehead atoms. The summed E-state index contributed by atoms with van der Waals surface area (Å²) in [5.41, 5.74) is 5.47. The number of carbonyl (C=O) groups excluding carboxylic acids is 1. The first-order valence-corrected chi connectivity index (χ1v) is 4.47.